The van der Waals surface area contributed by atoms with E-state index in [1.165, 1.54) is 0 Å². The van der Waals surface area contributed by atoms with E-state index in [4.69, 9.17) is 0 Å². The molecule has 2 heterocycles. The van der Waals surface area contributed by atoms with Gasteiger partial charge >= 0.3 is 0 Å². The molecule has 18 heavy (non-hydrogen) atoms. The van der Waals surface area contributed by atoms with E-state index < -0.39 is 0 Å². The summed E-state index contributed by atoms with van der Waals surface area (Å²) in [4.78, 5) is 17.8. The van der Waals surface area contributed by atoms with Gasteiger partial charge in [-0.2, -0.15) is 0 Å². The molecule has 0 aromatic carbocycles. The normalized spacial score (nSPS) is 20.3. The topological polar surface area (TPSA) is 50.2 Å². The third-order valence-corrected chi connectivity index (χ3v) is 3.36. The van der Waals surface area contributed by atoms with Gasteiger partial charge in [-0.15, -0.1) is 0 Å². The summed E-state index contributed by atoms with van der Waals surface area (Å²) in [6.45, 7) is 4.85. The van der Waals surface area contributed by atoms with Crippen molar-refractivity contribution in [3.63, 3.8) is 0 Å². The third-order valence-electron chi connectivity index (χ3n) is 3.36. The Morgan fingerprint density at radius 2 is 2.44 bits per heavy atom. The fourth-order valence-corrected chi connectivity index (χ4v) is 2.30. The molecule has 0 bridgehead atoms. The summed E-state index contributed by atoms with van der Waals surface area (Å²) >= 11 is 0. The first-order chi connectivity index (χ1) is 8.56. The van der Waals surface area contributed by atoms with Crippen molar-refractivity contribution in [1.29, 1.82) is 0 Å². The Labute approximate surface area is 107 Å². The summed E-state index contributed by atoms with van der Waals surface area (Å²) in [5.74, 6) is 0.0781. The Bertz CT molecular complexity index is 452. The fourth-order valence-electron chi connectivity index (χ4n) is 2.30. The van der Waals surface area contributed by atoms with Gasteiger partial charge in [-0.05, 0) is 13.5 Å². The van der Waals surface area contributed by atoms with Gasteiger partial charge in [0.15, 0.2) is 0 Å². The predicted molar refractivity (Wildman–Crippen MR) is 69.8 cm³/mol. The summed E-state index contributed by atoms with van der Waals surface area (Å²) in [7, 11) is 4.04. The van der Waals surface area contributed by atoms with Gasteiger partial charge < -0.3 is 9.88 Å². The molecule has 1 aromatic heterocycles. The summed E-state index contributed by atoms with van der Waals surface area (Å²) in [6, 6.07) is 0.242. The molecule has 1 unspecified atom stereocenters. The lowest BCUT2D eigenvalue weighted by atomic mass is 10.0. The molecule has 5 heteroatoms. The molecule has 2 rings (SSSR count). The minimum absolute atomic E-state index is 0.0781. The standard InChI is InChI=1S/C13H20N4O/c1-10-12(4-5-13(18)15-10)17(3)7-6-11-8-16(2)9-14-11/h8-9,12H,1,4-7H2,2-3H3,(H,15,18). The van der Waals surface area contributed by atoms with Crippen LogP contribution in [0, 0.1) is 0 Å². The molecule has 0 aliphatic carbocycles. The maximum Gasteiger partial charge on any atom is 0.224 e. The van der Waals surface area contributed by atoms with E-state index in [0.717, 1.165) is 30.8 Å². The van der Waals surface area contributed by atoms with Crippen LogP contribution in [0.2, 0.25) is 0 Å². The van der Waals surface area contributed by atoms with E-state index in [1.54, 1.807) is 0 Å². The van der Waals surface area contributed by atoms with Crippen LogP contribution in [0.4, 0.5) is 0 Å². The Hall–Kier alpha value is -1.62. The van der Waals surface area contributed by atoms with E-state index in [0.29, 0.717) is 6.42 Å². The molecule has 98 valence electrons. The Kier molecular flexibility index (Phi) is 3.81. The average molecular weight is 248 g/mol. The summed E-state index contributed by atoms with van der Waals surface area (Å²) in [5, 5.41) is 2.82. The number of aryl methyl sites for hydroxylation is 1. The number of amides is 1. The maximum atomic E-state index is 11.2. The van der Waals surface area contributed by atoms with Gasteiger partial charge in [0, 0.05) is 44.4 Å². The molecule has 1 N–H and O–H groups in total. The van der Waals surface area contributed by atoms with E-state index in [9.17, 15) is 4.79 Å². The smallest absolute Gasteiger partial charge is 0.224 e. The summed E-state index contributed by atoms with van der Waals surface area (Å²) in [5.41, 5.74) is 1.91. The molecule has 0 spiro atoms. The largest absolute Gasteiger partial charge is 0.340 e. The fraction of sp³-hybridized carbons (Fsp3) is 0.538. The zero-order valence-electron chi connectivity index (χ0n) is 11.0. The van der Waals surface area contributed by atoms with Crippen LogP contribution in [0.15, 0.2) is 24.8 Å². The lowest BCUT2D eigenvalue weighted by molar-refractivity contribution is -0.121. The van der Waals surface area contributed by atoms with Crippen molar-refractivity contribution in [2.45, 2.75) is 25.3 Å². The number of imidazole rings is 1. The highest BCUT2D eigenvalue weighted by Crippen LogP contribution is 2.17. The molecule has 1 aromatic rings. The molecule has 1 aliphatic heterocycles. The minimum Gasteiger partial charge on any atom is -0.340 e. The highest BCUT2D eigenvalue weighted by atomic mass is 16.1. The number of carbonyl (C=O) groups excluding carboxylic acids is 1. The quantitative estimate of drug-likeness (QED) is 0.853. The van der Waals surface area contributed by atoms with E-state index in [1.807, 2.05) is 24.1 Å². The highest BCUT2D eigenvalue weighted by molar-refractivity contribution is 5.79. The second kappa shape index (κ2) is 5.35. The third kappa shape index (κ3) is 2.98. The van der Waals surface area contributed by atoms with Gasteiger partial charge in [0.25, 0.3) is 0 Å². The number of nitrogens with zero attached hydrogens (tertiary/aromatic N) is 3. The molecule has 5 nitrogen and oxygen atoms in total. The monoisotopic (exact) mass is 248 g/mol. The summed E-state index contributed by atoms with van der Waals surface area (Å²) in [6.07, 6.45) is 6.19. The molecule has 0 radical (unpaired) electrons. The lowest BCUT2D eigenvalue weighted by Crippen LogP contribution is -2.44. The van der Waals surface area contributed by atoms with Crippen LogP contribution in [0.5, 0.6) is 0 Å². The number of likely N-dealkylation sites (N-methyl/N-ethyl adjacent to an activating group) is 1. The van der Waals surface area contributed by atoms with Crippen LogP contribution in [-0.4, -0.2) is 40.0 Å². The van der Waals surface area contributed by atoms with Crippen LogP contribution in [0.3, 0.4) is 0 Å². The number of rotatable bonds is 4. The van der Waals surface area contributed by atoms with E-state index in [-0.39, 0.29) is 11.9 Å². The Morgan fingerprint density at radius 3 is 3.06 bits per heavy atom. The molecular weight excluding hydrogens is 228 g/mol. The van der Waals surface area contributed by atoms with Crippen molar-refractivity contribution >= 4 is 5.91 Å². The number of hydrogen-bond donors (Lipinski definition) is 1. The minimum atomic E-state index is 0.0781. The lowest BCUT2D eigenvalue weighted by Gasteiger charge is -2.32. The van der Waals surface area contributed by atoms with Crippen LogP contribution >= 0.6 is 0 Å². The Morgan fingerprint density at radius 1 is 1.67 bits per heavy atom. The molecule has 1 saturated heterocycles. The maximum absolute atomic E-state index is 11.2. The van der Waals surface area contributed by atoms with Gasteiger partial charge in [-0.25, -0.2) is 4.98 Å². The van der Waals surface area contributed by atoms with Crippen molar-refractivity contribution in [2.24, 2.45) is 7.05 Å². The molecule has 0 saturated carbocycles. The SMILES string of the molecule is C=C1NC(=O)CCC1N(C)CCc1cn(C)cn1. The molecule has 1 amide bonds. The zero-order chi connectivity index (χ0) is 13.1. The van der Waals surface area contributed by atoms with Crippen LogP contribution in [0.1, 0.15) is 18.5 Å². The van der Waals surface area contributed by atoms with Crippen LogP contribution < -0.4 is 5.32 Å². The van der Waals surface area contributed by atoms with Crippen LogP contribution in [-0.2, 0) is 18.3 Å². The van der Waals surface area contributed by atoms with Gasteiger partial charge in [0.1, 0.15) is 0 Å². The highest BCUT2D eigenvalue weighted by Gasteiger charge is 2.24. The number of hydrogen-bond acceptors (Lipinski definition) is 3. The van der Waals surface area contributed by atoms with Crippen molar-refractivity contribution in [3.05, 3.63) is 30.5 Å². The molecule has 1 fully saturated rings. The van der Waals surface area contributed by atoms with Gasteiger partial charge in [0.05, 0.1) is 12.0 Å². The van der Waals surface area contributed by atoms with Crippen LogP contribution in [0.25, 0.3) is 0 Å². The number of nitrogens with one attached hydrogen (secondary N) is 1. The van der Waals surface area contributed by atoms with Gasteiger partial charge in [0.2, 0.25) is 5.91 Å². The Balaban J connectivity index is 1.86. The number of piperidine rings is 1. The molecular formula is C13H20N4O. The van der Waals surface area contributed by atoms with Crippen molar-refractivity contribution in [3.8, 4) is 0 Å². The summed E-state index contributed by atoms with van der Waals surface area (Å²) < 4.78 is 1.95. The number of aromatic nitrogens is 2. The number of carbonyl (C=O) groups is 1. The van der Waals surface area contributed by atoms with Crippen molar-refractivity contribution < 1.29 is 4.79 Å². The molecule has 1 atom stereocenters. The first kappa shape index (κ1) is 12.8. The second-order valence-electron chi connectivity index (χ2n) is 4.89. The van der Waals surface area contributed by atoms with Gasteiger partial charge in [-0.1, -0.05) is 6.58 Å². The first-order valence-corrected chi connectivity index (χ1v) is 6.22. The van der Waals surface area contributed by atoms with E-state index >= 15 is 0 Å². The second-order valence-corrected chi connectivity index (χ2v) is 4.89. The van der Waals surface area contributed by atoms with Gasteiger partial charge in [-0.3, -0.25) is 9.69 Å². The average Bonchev–Trinajstić information content (AvgIpc) is 2.72. The van der Waals surface area contributed by atoms with Crippen molar-refractivity contribution in [1.82, 2.24) is 19.8 Å². The first-order valence-electron chi connectivity index (χ1n) is 6.22. The predicted octanol–water partition coefficient (Wildman–Crippen LogP) is 0.687. The van der Waals surface area contributed by atoms with E-state index in [2.05, 4.69) is 28.8 Å². The zero-order valence-corrected chi connectivity index (χ0v) is 11.0. The molecule has 1 aliphatic rings. The van der Waals surface area contributed by atoms with Crippen molar-refractivity contribution in [2.75, 3.05) is 13.6 Å².